The molecule has 0 aliphatic rings. The summed E-state index contributed by atoms with van der Waals surface area (Å²) in [6, 6.07) is 15.9. The summed E-state index contributed by atoms with van der Waals surface area (Å²) in [5.41, 5.74) is 2.52. The lowest BCUT2D eigenvalue weighted by molar-refractivity contribution is 0.598. The number of aromatic amines is 1. The molecule has 0 aliphatic heterocycles. The molecule has 2 aromatic carbocycles. The summed E-state index contributed by atoms with van der Waals surface area (Å²) in [5, 5.41) is 15.3. The second kappa shape index (κ2) is 6.15. The average Bonchev–Trinajstić information content (AvgIpc) is 2.96. The van der Waals surface area contributed by atoms with Crippen LogP contribution in [0.15, 0.2) is 64.0 Å². The third-order valence-electron chi connectivity index (χ3n) is 3.18. The van der Waals surface area contributed by atoms with E-state index >= 15 is 0 Å². The Balaban J connectivity index is 1.78. The number of hydrogen-bond donors (Lipinski definition) is 3. The van der Waals surface area contributed by atoms with Gasteiger partial charge in [-0.15, -0.1) is 0 Å². The van der Waals surface area contributed by atoms with Gasteiger partial charge < -0.3 is 5.32 Å². The van der Waals surface area contributed by atoms with Gasteiger partial charge in [-0.2, -0.15) is 5.10 Å². The zero-order valence-corrected chi connectivity index (χ0v) is 14.2. The highest BCUT2D eigenvalue weighted by atomic mass is 79.9. The van der Waals surface area contributed by atoms with Crippen molar-refractivity contribution in [2.45, 2.75) is 4.90 Å². The number of rotatable bonds is 4. The molecule has 4 N–H and O–H groups in total. The molecule has 0 bridgehead atoms. The Labute approximate surface area is 141 Å². The van der Waals surface area contributed by atoms with Crippen LogP contribution in [-0.4, -0.2) is 18.6 Å². The maximum absolute atomic E-state index is 11.2. The number of H-pyrrole nitrogens is 1. The number of hydrogen-bond acceptors (Lipinski definition) is 4. The van der Waals surface area contributed by atoms with Gasteiger partial charge in [0.05, 0.1) is 10.6 Å². The van der Waals surface area contributed by atoms with Crippen LogP contribution >= 0.6 is 15.9 Å². The van der Waals surface area contributed by atoms with E-state index in [1.807, 2.05) is 30.3 Å². The molecule has 0 saturated carbocycles. The van der Waals surface area contributed by atoms with Gasteiger partial charge in [0.1, 0.15) is 5.82 Å². The van der Waals surface area contributed by atoms with Crippen LogP contribution < -0.4 is 10.5 Å². The number of halogens is 1. The first-order valence-corrected chi connectivity index (χ1v) is 8.97. The van der Waals surface area contributed by atoms with E-state index in [0.717, 1.165) is 21.4 Å². The fraction of sp³-hybridized carbons (Fsp3) is 0. The number of benzene rings is 2. The molecule has 0 radical (unpaired) electrons. The Morgan fingerprint density at radius 2 is 1.70 bits per heavy atom. The molecule has 23 heavy (non-hydrogen) atoms. The lowest BCUT2D eigenvalue weighted by atomic mass is 10.1. The molecule has 0 spiro atoms. The first-order chi connectivity index (χ1) is 10.9. The van der Waals surface area contributed by atoms with Crippen LogP contribution in [0.3, 0.4) is 0 Å². The van der Waals surface area contributed by atoms with Crippen LogP contribution in [0, 0.1) is 0 Å². The predicted molar refractivity (Wildman–Crippen MR) is 92.8 cm³/mol. The first-order valence-electron chi connectivity index (χ1n) is 6.63. The highest BCUT2D eigenvalue weighted by Crippen LogP contribution is 2.24. The van der Waals surface area contributed by atoms with Crippen molar-refractivity contribution in [3.05, 3.63) is 59.1 Å². The van der Waals surface area contributed by atoms with E-state index in [2.05, 4.69) is 31.4 Å². The predicted octanol–water partition coefficient (Wildman–Crippen LogP) is 3.23. The molecular formula is C15H13BrN4O2S. The molecule has 0 saturated heterocycles. The van der Waals surface area contributed by atoms with Gasteiger partial charge in [-0.25, -0.2) is 13.6 Å². The Bertz CT molecular complexity index is 919. The Hall–Kier alpha value is -2.16. The molecule has 6 nitrogen and oxygen atoms in total. The Kier molecular flexibility index (Phi) is 4.20. The van der Waals surface area contributed by atoms with Gasteiger partial charge in [0.25, 0.3) is 0 Å². The van der Waals surface area contributed by atoms with Crippen molar-refractivity contribution in [1.29, 1.82) is 0 Å². The van der Waals surface area contributed by atoms with Crippen LogP contribution in [0.25, 0.3) is 11.3 Å². The summed E-state index contributed by atoms with van der Waals surface area (Å²) in [5.74, 6) is 0.700. The number of sulfonamides is 1. The van der Waals surface area contributed by atoms with Crippen LogP contribution in [-0.2, 0) is 10.0 Å². The highest BCUT2D eigenvalue weighted by molar-refractivity contribution is 9.10. The monoisotopic (exact) mass is 392 g/mol. The standard InChI is InChI=1S/C15H13BrN4O2S/c16-11-3-1-10(2-4-11)14-9-15(20-19-14)18-12-5-7-13(8-6-12)23(17,21)22/h1-9H,(H2,17,21,22)(H2,18,19,20). The fourth-order valence-corrected chi connectivity index (χ4v) is 2.82. The van der Waals surface area contributed by atoms with E-state index < -0.39 is 10.0 Å². The zero-order chi connectivity index (χ0) is 16.4. The molecule has 0 amide bonds. The molecule has 118 valence electrons. The van der Waals surface area contributed by atoms with Gasteiger partial charge in [0.15, 0.2) is 0 Å². The van der Waals surface area contributed by atoms with Crippen LogP contribution in [0.2, 0.25) is 0 Å². The van der Waals surface area contributed by atoms with Gasteiger partial charge >= 0.3 is 0 Å². The minimum atomic E-state index is -3.68. The maximum atomic E-state index is 11.2. The number of nitrogens with one attached hydrogen (secondary N) is 2. The third-order valence-corrected chi connectivity index (χ3v) is 4.64. The van der Waals surface area contributed by atoms with E-state index in [1.54, 1.807) is 12.1 Å². The molecule has 1 aromatic heterocycles. The SMILES string of the molecule is NS(=O)(=O)c1ccc(Nc2cc(-c3ccc(Br)cc3)n[nH]2)cc1. The normalized spacial score (nSPS) is 11.4. The lowest BCUT2D eigenvalue weighted by Crippen LogP contribution is -2.11. The van der Waals surface area contributed by atoms with E-state index in [4.69, 9.17) is 5.14 Å². The summed E-state index contributed by atoms with van der Waals surface area (Å²) in [7, 11) is -3.68. The number of primary sulfonamides is 1. The van der Waals surface area contributed by atoms with Gasteiger partial charge in [-0.1, -0.05) is 28.1 Å². The first kappa shape index (κ1) is 15.7. The zero-order valence-electron chi connectivity index (χ0n) is 11.8. The molecule has 0 fully saturated rings. The smallest absolute Gasteiger partial charge is 0.238 e. The second-order valence-electron chi connectivity index (χ2n) is 4.87. The van der Waals surface area contributed by atoms with Crippen molar-refractivity contribution >= 4 is 37.5 Å². The number of nitrogens with zero attached hydrogens (tertiary/aromatic N) is 1. The Morgan fingerprint density at radius 1 is 1.04 bits per heavy atom. The van der Waals surface area contributed by atoms with Crippen LogP contribution in [0.4, 0.5) is 11.5 Å². The topological polar surface area (TPSA) is 101 Å². The van der Waals surface area contributed by atoms with E-state index in [-0.39, 0.29) is 4.90 Å². The molecule has 0 unspecified atom stereocenters. The van der Waals surface area contributed by atoms with Gasteiger partial charge in [0, 0.05) is 21.8 Å². The van der Waals surface area contributed by atoms with Gasteiger partial charge in [0.2, 0.25) is 10.0 Å². The molecule has 3 rings (SSSR count). The van der Waals surface area contributed by atoms with Crippen molar-refractivity contribution in [3.63, 3.8) is 0 Å². The third kappa shape index (κ3) is 3.79. The summed E-state index contributed by atoms with van der Waals surface area (Å²) < 4.78 is 23.5. The number of nitrogens with two attached hydrogens (primary N) is 1. The summed E-state index contributed by atoms with van der Waals surface area (Å²) in [6.07, 6.45) is 0. The molecule has 0 atom stereocenters. The highest BCUT2D eigenvalue weighted by Gasteiger charge is 2.08. The summed E-state index contributed by atoms with van der Waals surface area (Å²) in [6.45, 7) is 0. The van der Waals surface area contributed by atoms with E-state index in [0.29, 0.717) is 5.82 Å². The summed E-state index contributed by atoms with van der Waals surface area (Å²) >= 11 is 3.39. The fourth-order valence-electron chi connectivity index (χ4n) is 2.04. The molecular weight excluding hydrogens is 380 g/mol. The minimum absolute atomic E-state index is 0.0724. The van der Waals surface area contributed by atoms with Crippen molar-refractivity contribution in [1.82, 2.24) is 10.2 Å². The molecule has 1 heterocycles. The molecule has 0 aliphatic carbocycles. The lowest BCUT2D eigenvalue weighted by Gasteiger charge is -2.04. The molecule has 3 aromatic rings. The van der Waals surface area contributed by atoms with E-state index in [9.17, 15) is 8.42 Å². The van der Waals surface area contributed by atoms with Crippen molar-refractivity contribution in [2.75, 3.05) is 5.32 Å². The largest absolute Gasteiger partial charge is 0.341 e. The maximum Gasteiger partial charge on any atom is 0.238 e. The second-order valence-corrected chi connectivity index (χ2v) is 7.35. The van der Waals surface area contributed by atoms with Crippen molar-refractivity contribution in [2.24, 2.45) is 5.14 Å². The number of aromatic nitrogens is 2. The van der Waals surface area contributed by atoms with E-state index in [1.165, 1.54) is 12.1 Å². The van der Waals surface area contributed by atoms with Crippen LogP contribution in [0.1, 0.15) is 0 Å². The quantitative estimate of drug-likeness (QED) is 0.634. The molecule has 8 heteroatoms. The van der Waals surface area contributed by atoms with Gasteiger partial charge in [-0.05, 0) is 36.4 Å². The summed E-state index contributed by atoms with van der Waals surface area (Å²) in [4.78, 5) is 0.0724. The average molecular weight is 393 g/mol. The van der Waals surface area contributed by atoms with Crippen molar-refractivity contribution < 1.29 is 8.42 Å². The Morgan fingerprint density at radius 3 is 2.30 bits per heavy atom. The van der Waals surface area contributed by atoms with Crippen molar-refractivity contribution in [3.8, 4) is 11.3 Å². The van der Waals surface area contributed by atoms with Gasteiger partial charge in [-0.3, -0.25) is 5.10 Å². The number of anilines is 2. The minimum Gasteiger partial charge on any atom is -0.341 e. The van der Waals surface area contributed by atoms with Crippen LogP contribution in [0.5, 0.6) is 0 Å².